The summed E-state index contributed by atoms with van der Waals surface area (Å²) < 4.78 is 65.6. The van der Waals surface area contributed by atoms with Gasteiger partial charge in [0.1, 0.15) is 35.3 Å². The zero-order valence-electron chi connectivity index (χ0n) is 28.9. The fraction of sp³-hybridized carbons (Fsp3) is 0.514. The van der Waals surface area contributed by atoms with E-state index in [-0.39, 0.29) is 50.5 Å². The lowest BCUT2D eigenvalue weighted by molar-refractivity contribution is 0.227. The van der Waals surface area contributed by atoms with Crippen LogP contribution in [0.2, 0.25) is 0 Å². The second-order valence-electron chi connectivity index (χ2n) is 14.0. The Morgan fingerprint density at radius 2 is 0.979 bits per heavy atom. The lowest BCUT2D eigenvalue weighted by Crippen LogP contribution is -2.27. The Bertz CT molecular complexity index is 1630. The Balaban J connectivity index is 1.68. The van der Waals surface area contributed by atoms with Crippen LogP contribution in [0.15, 0.2) is 48.5 Å². The minimum absolute atomic E-state index is 0.239. The van der Waals surface area contributed by atoms with Crippen LogP contribution in [0.4, 0.5) is 0 Å². The van der Waals surface area contributed by atoms with Gasteiger partial charge in [-0.1, -0.05) is 45.9 Å². The normalized spacial score (nSPS) is 18.7. The van der Waals surface area contributed by atoms with Crippen molar-refractivity contribution in [2.45, 2.75) is 97.7 Å². The van der Waals surface area contributed by atoms with Gasteiger partial charge in [0.25, 0.3) is 0 Å². The van der Waals surface area contributed by atoms with Gasteiger partial charge >= 0.3 is 15.2 Å². The molecule has 3 aromatic rings. The van der Waals surface area contributed by atoms with E-state index in [1.165, 1.54) is 0 Å². The summed E-state index contributed by atoms with van der Waals surface area (Å²) in [6.45, 7) is 17.7. The van der Waals surface area contributed by atoms with E-state index in [4.69, 9.17) is 27.6 Å². The van der Waals surface area contributed by atoms with Crippen LogP contribution >= 0.6 is 15.2 Å². The van der Waals surface area contributed by atoms with Crippen molar-refractivity contribution in [2.75, 3.05) is 26.4 Å². The van der Waals surface area contributed by atoms with Gasteiger partial charge in [-0.05, 0) is 115 Å². The third-order valence-electron chi connectivity index (χ3n) is 9.74. The monoisotopic (exact) mass is 682 g/mol. The molecule has 3 aromatic carbocycles. The second-order valence-corrected chi connectivity index (χ2v) is 18.0. The van der Waals surface area contributed by atoms with E-state index < -0.39 is 20.6 Å². The molecule has 6 bridgehead atoms. The molecule has 2 aliphatic carbocycles. The molecular formula is C37H48O8P2. The minimum atomic E-state index is -3.70. The molecule has 0 saturated carbocycles. The first kappa shape index (κ1) is 34.4. The second kappa shape index (κ2) is 12.5. The molecule has 0 radical (unpaired) electrons. The molecule has 10 heteroatoms. The summed E-state index contributed by atoms with van der Waals surface area (Å²) >= 11 is 0. The maximum atomic E-state index is 14.4. The van der Waals surface area contributed by atoms with E-state index in [9.17, 15) is 9.13 Å². The molecule has 0 amide bonds. The van der Waals surface area contributed by atoms with Crippen molar-refractivity contribution in [3.63, 3.8) is 0 Å². The molecule has 0 N–H and O–H groups in total. The van der Waals surface area contributed by atoms with Gasteiger partial charge in [0, 0.05) is 5.41 Å². The molecule has 0 fully saturated rings. The van der Waals surface area contributed by atoms with Gasteiger partial charge in [-0.2, -0.15) is 0 Å². The van der Waals surface area contributed by atoms with E-state index in [0.717, 1.165) is 46.2 Å². The number of rotatable bonds is 10. The third kappa shape index (κ3) is 5.83. The van der Waals surface area contributed by atoms with Gasteiger partial charge < -0.3 is 27.6 Å². The molecule has 0 aromatic heterocycles. The van der Waals surface area contributed by atoms with Crippen LogP contribution in [0.25, 0.3) is 0 Å². The highest BCUT2D eigenvalue weighted by Gasteiger charge is 2.58. The van der Waals surface area contributed by atoms with E-state index in [1.807, 2.05) is 64.1 Å². The first-order chi connectivity index (χ1) is 22.3. The molecule has 6 rings (SSSR count). The average Bonchev–Trinajstić information content (AvgIpc) is 3.37. The molecule has 0 saturated heterocycles. The molecule has 1 spiro atoms. The van der Waals surface area contributed by atoms with E-state index in [0.29, 0.717) is 22.1 Å². The number of fused-ring (bicyclic) bond motifs is 4. The summed E-state index contributed by atoms with van der Waals surface area (Å²) in [5.41, 5.74) is 5.35. The maximum absolute atomic E-state index is 14.4. The van der Waals surface area contributed by atoms with Gasteiger partial charge in [-0.3, -0.25) is 9.13 Å². The lowest BCUT2D eigenvalue weighted by Gasteiger charge is -2.31. The molecule has 1 heterocycles. The summed E-state index contributed by atoms with van der Waals surface area (Å²) in [4.78, 5) is 0. The van der Waals surface area contributed by atoms with Gasteiger partial charge in [-0.25, -0.2) is 0 Å². The van der Waals surface area contributed by atoms with Gasteiger partial charge in [-0.15, -0.1) is 0 Å². The molecular weight excluding hydrogens is 634 g/mol. The topological polar surface area (TPSA) is 89.5 Å². The third-order valence-corrected chi connectivity index (χ3v) is 14.0. The minimum Gasteiger partial charge on any atom is -0.488 e. The number of ether oxygens (including phenoxy) is 2. The SMILES string of the molecule is CCOP(=O)(OCC)c1cc2c3cc1OCc1cccc(c1)COc1cc4c(cc1P(=O)(OCC)OCC)C(C)(C)CC34CC2(C)C. The van der Waals surface area contributed by atoms with Crippen molar-refractivity contribution in [3.05, 3.63) is 81.9 Å². The first-order valence-electron chi connectivity index (χ1n) is 16.8. The highest BCUT2D eigenvalue weighted by molar-refractivity contribution is 7.62. The van der Waals surface area contributed by atoms with Crippen LogP contribution in [0, 0.1) is 0 Å². The fourth-order valence-corrected chi connectivity index (χ4v) is 11.6. The molecule has 3 aliphatic rings. The Kier molecular flexibility index (Phi) is 9.13. The van der Waals surface area contributed by atoms with Crippen LogP contribution < -0.4 is 20.1 Å². The molecule has 0 atom stereocenters. The van der Waals surface area contributed by atoms with Crippen LogP contribution in [0.1, 0.15) is 102 Å². The van der Waals surface area contributed by atoms with Crippen molar-refractivity contribution < 1.29 is 36.7 Å². The number of hydrogen-bond donors (Lipinski definition) is 0. The Hall–Kier alpha value is -2.44. The Morgan fingerprint density at radius 3 is 1.34 bits per heavy atom. The van der Waals surface area contributed by atoms with Crippen molar-refractivity contribution in [1.82, 2.24) is 0 Å². The van der Waals surface area contributed by atoms with E-state index in [1.54, 1.807) is 0 Å². The predicted molar refractivity (Wildman–Crippen MR) is 185 cm³/mol. The fourth-order valence-electron chi connectivity index (χ4n) is 8.16. The van der Waals surface area contributed by atoms with Crippen LogP contribution in [0.5, 0.6) is 11.5 Å². The maximum Gasteiger partial charge on any atom is 0.365 e. The first-order valence-corrected chi connectivity index (χ1v) is 19.8. The summed E-state index contributed by atoms with van der Waals surface area (Å²) in [6.07, 6.45) is 1.63. The summed E-state index contributed by atoms with van der Waals surface area (Å²) in [6, 6.07) is 16.2. The highest BCUT2D eigenvalue weighted by atomic mass is 31.2. The van der Waals surface area contributed by atoms with Gasteiger partial charge in [0.05, 0.1) is 26.4 Å². The quantitative estimate of drug-likeness (QED) is 0.197. The zero-order valence-corrected chi connectivity index (χ0v) is 30.7. The molecule has 8 nitrogen and oxygen atoms in total. The smallest absolute Gasteiger partial charge is 0.365 e. The summed E-state index contributed by atoms with van der Waals surface area (Å²) in [5, 5.41) is 0.916. The van der Waals surface area contributed by atoms with Crippen molar-refractivity contribution in [3.8, 4) is 11.5 Å². The molecule has 1 aliphatic heterocycles. The van der Waals surface area contributed by atoms with Gasteiger partial charge in [0.2, 0.25) is 0 Å². The molecule has 47 heavy (non-hydrogen) atoms. The van der Waals surface area contributed by atoms with Crippen LogP contribution in [0.3, 0.4) is 0 Å². The Labute approximate surface area is 279 Å². The van der Waals surface area contributed by atoms with Gasteiger partial charge in [0.15, 0.2) is 0 Å². The zero-order chi connectivity index (χ0) is 33.8. The van der Waals surface area contributed by atoms with Crippen molar-refractivity contribution in [2.24, 2.45) is 0 Å². The molecule has 254 valence electrons. The average molecular weight is 683 g/mol. The van der Waals surface area contributed by atoms with E-state index >= 15 is 0 Å². The summed E-state index contributed by atoms with van der Waals surface area (Å²) in [5.74, 6) is 1.01. The van der Waals surface area contributed by atoms with Crippen molar-refractivity contribution in [1.29, 1.82) is 0 Å². The predicted octanol–water partition coefficient (Wildman–Crippen LogP) is 8.59. The number of benzene rings is 3. The van der Waals surface area contributed by atoms with Crippen LogP contribution in [-0.4, -0.2) is 26.4 Å². The van der Waals surface area contributed by atoms with Crippen LogP contribution in [-0.2, 0) is 56.7 Å². The standard InChI is InChI=1S/C37H48O8P2/c1-9-42-46(38,43-10-2)33-19-27-29-17-31(33)40-21-25-14-13-15-26(16-25)22-41-32-18-30-28(20-34(32)47(39,44-11-3)45-12-4)36(7,8)24-37(29,30)23-35(27,5)6/h13-20H,9-12,21-24H2,1-8H3. The van der Waals surface area contributed by atoms with Crippen molar-refractivity contribution >= 4 is 25.8 Å². The molecule has 0 unspecified atom stereocenters. The summed E-state index contributed by atoms with van der Waals surface area (Å²) in [7, 11) is -7.41. The lowest BCUT2D eigenvalue weighted by atomic mass is 9.72. The number of hydrogen-bond acceptors (Lipinski definition) is 8. The largest absolute Gasteiger partial charge is 0.488 e. The Morgan fingerprint density at radius 1 is 0.596 bits per heavy atom. The highest BCUT2D eigenvalue weighted by Crippen LogP contribution is 2.65. The van der Waals surface area contributed by atoms with E-state index in [2.05, 4.69) is 39.8 Å².